The molecule has 0 saturated heterocycles. The summed E-state index contributed by atoms with van der Waals surface area (Å²) in [4.78, 5) is 28.2. The summed E-state index contributed by atoms with van der Waals surface area (Å²) in [6.45, 7) is 3.86. The van der Waals surface area contributed by atoms with E-state index in [1.807, 2.05) is 106 Å². The fourth-order valence-corrected chi connectivity index (χ4v) is 4.62. The van der Waals surface area contributed by atoms with E-state index < -0.39 is 12.1 Å². The Labute approximate surface area is 220 Å². The molecule has 1 aromatic heterocycles. The third-order valence-electron chi connectivity index (χ3n) is 5.91. The number of nitrogens with zero attached hydrogens (tertiary/aromatic N) is 3. The van der Waals surface area contributed by atoms with Crippen molar-refractivity contribution in [2.24, 2.45) is 0 Å². The zero-order chi connectivity index (χ0) is 26.4. The molecule has 0 aliphatic heterocycles. The van der Waals surface area contributed by atoms with Gasteiger partial charge in [-0.15, -0.1) is 10.2 Å². The standard InChI is InChI=1S/C28H30N6O2S/c1-18-9-8-10-19(2)24(18)30-27(36)29-23(17-20-11-6-5-7-12-20)25(35)31-28-33-32-26(37-28)21-13-15-22(16-14-21)34(3)4/h5-16,23H,17H2,1-4H3,(H2,29,30,36)(H,31,33,35). The number of anilines is 3. The van der Waals surface area contributed by atoms with Gasteiger partial charge in [0.05, 0.1) is 0 Å². The fourth-order valence-electron chi connectivity index (χ4n) is 3.86. The van der Waals surface area contributed by atoms with Crippen LogP contribution < -0.4 is 20.9 Å². The van der Waals surface area contributed by atoms with Crippen LogP contribution in [0.4, 0.5) is 21.3 Å². The van der Waals surface area contributed by atoms with Gasteiger partial charge < -0.3 is 15.5 Å². The summed E-state index contributed by atoms with van der Waals surface area (Å²) in [7, 11) is 3.96. The van der Waals surface area contributed by atoms with E-state index in [-0.39, 0.29) is 5.91 Å². The number of para-hydroxylation sites is 1. The van der Waals surface area contributed by atoms with E-state index in [1.165, 1.54) is 11.3 Å². The van der Waals surface area contributed by atoms with E-state index >= 15 is 0 Å². The zero-order valence-electron chi connectivity index (χ0n) is 21.3. The summed E-state index contributed by atoms with van der Waals surface area (Å²) in [6.07, 6.45) is 0.324. The van der Waals surface area contributed by atoms with Gasteiger partial charge in [-0.25, -0.2) is 4.79 Å². The third-order valence-corrected chi connectivity index (χ3v) is 6.80. The summed E-state index contributed by atoms with van der Waals surface area (Å²) < 4.78 is 0. The van der Waals surface area contributed by atoms with Gasteiger partial charge in [0.25, 0.3) is 0 Å². The highest BCUT2D eigenvalue weighted by Crippen LogP contribution is 2.28. The monoisotopic (exact) mass is 514 g/mol. The lowest BCUT2D eigenvalue weighted by atomic mass is 10.1. The third kappa shape index (κ3) is 6.71. The number of urea groups is 1. The Morgan fingerprint density at radius 1 is 0.865 bits per heavy atom. The van der Waals surface area contributed by atoms with Crippen molar-refractivity contribution in [1.82, 2.24) is 15.5 Å². The van der Waals surface area contributed by atoms with Crippen LogP contribution in [0, 0.1) is 13.8 Å². The number of amides is 3. The summed E-state index contributed by atoms with van der Waals surface area (Å²) in [5.41, 5.74) is 5.53. The molecular formula is C28H30N6O2S. The van der Waals surface area contributed by atoms with E-state index in [2.05, 4.69) is 26.1 Å². The SMILES string of the molecule is Cc1cccc(C)c1NC(=O)NC(Cc1ccccc1)C(=O)Nc1nnc(-c2ccc(N(C)C)cc2)s1. The molecule has 8 nitrogen and oxygen atoms in total. The van der Waals surface area contributed by atoms with Crippen LogP contribution in [0.2, 0.25) is 0 Å². The molecule has 0 aliphatic rings. The van der Waals surface area contributed by atoms with E-state index in [0.29, 0.717) is 16.6 Å². The van der Waals surface area contributed by atoms with Gasteiger partial charge in [0.1, 0.15) is 11.0 Å². The van der Waals surface area contributed by atoms with Gasteiger partial charge in [-0.2, -0.15) is 0 Å². The van der Waals surface area contributed by atoms with E-state index in [0.717, 1.165) is 33.6 Å². The molecule has 0 fully saturated rings. The highest BCUT2D eigenvalue weighted by Gasteiger charge is 2.23. The molecule has 4 rings (SSSR count). The first kappa shape index (κ1) is 25.8. The lowest BCUT2D eigenvalue weighted by Crippen LogP contribution is -2.47. The van der Waals surface area contributed by atoms with Gasteiger partial charge in [-0.05, 0) is 54.8 Å². The van der Waals surface area contributed by atoms with E-state index in [9.17, 15) is 9.59 Å². The quantitative estimate of drug-likeness (QED) is 0.298. The molecule has 1 heterocycles. The van der Waals surface area contributed by atoms with Crippen LogP contribution in [0.15, 0.2) is 72.8 Å². The lowest BCUT2D eigenvalue weighted by molar-refractivity contribution is -0.117. The Morgan fingerprint density at radius 3 is 2.19 bits per heavy atom. The Balaban J connectivity index is 1.48. The number of carbonyl (C=O) groups is 2. The molecule has 1 atom stereocenters. The molecule has 190 valence electrons. The number of carbonyl (C=O) groups excluding carboxylic acids is 2. The number of hydrogen-bond acceptors (Lipinski definition) is 6. The number of hydrogen-bond donors (Lipinski definition) is 3. The first-order valence-corrected chi connectivity index (χ1v) is 12.7. The topological polar surface area (TPSA) is 99.2 Å². The van der Waals surface area contributed by atoms with E-state index in [4.69, 9.17) is 0 Å². The Kier molecular flexibility index (Phi) is 8.15. The van der Waals surface area contributed by atoms with Gasteiger partial charge >= 0.3 is 6.03 Å². The van der Waals surface area contributed by atoms with Crippen LogP contribution in [0.1, 0.15) is 16.7 Å². The molecule has 9 heteroatoms. The zero-order valence-corrected chi connectivity index (χ0v) is 22.1. The maximum Gasteiger partial charge on any atom is 0.319 e. The first-order chi connectivity index (χ1) is 17.8. The molecule has 3 amide bonds. The molecule has 1 unspecified atom stereocenters. The number of benzene rings is 3. The molecule has 0 aliphatic carbocycles. The van der Waals surface area contributed by atoms with Gasteiger partial charge in [0, 0.05) is 37.5 Å². The summed E-state index contributed by atoms with van der Waals surface area (Å²) >= 11 is 1.28. The number of aryl methyl sites for hydroxylation is 2. The maximum atomic E-state index is 13.3. The van der Waals surface area contributed by atoms with Crippen molar-refractivity contribution in [3.63, 3.8) is 0 Å². The van der Waals surface area contributed by atoms with Gasteiger partial charge in [-0.1, -0.05) is 59.9 Å². The smallest absolute Gasteiger partial charge is 0.319 e. The Hall–Kier alpha value is -4.24. The average Bonchev–Trinajstić information content (AvgIpc) is 3.35. The molecule has 37 heavy (non-hydrogen) atoms. The molecule has 0 bridgehead atoms. The van der Waals surface area contributed by atoms with Crippen LogP contribution in [0.5, 0.6) is 0 Å². The van der Waals surface area contributed by atoms with Crippen LogP contribution in [-0.2, 0) is 11.2 Å². The van der Waals surface area contributed by atoms with Crippen molar-refractivity contribution in [1.29, 1.82) is 0 Å². The molecule has 3 N–H and O–H groups in total. The number of rotatable bonds is 8. The van der Waals surface area contributed by atoms with Crippen molar-refractivity contribution < 1.29 is 9.59 Å². The summed E-state index contributed by atoms with van der Waals surface area (Å²) in [5, 5.41) is 18.0. The predicted molar refractivity (Wildman–Crippen MR) is 150 cm³/mol. The van der Waals surface area contributed by atoms with Crippen LogP contribution >= 0.6 is 11.3 Å². The normalized spacial score (nSPS) is 11.5. The highest BCUT2D eigenvalue weighted by molar-refractivity contribution is 7.18. The Bertz CT molecular complexity index is 1350. The van der Waals surface area contributed by atoms with Crippen molar-refractivity contribution >= 4 is 39.8 Å². The summed E-state index contributed by atoms with van der Waals surface area (Å²) in [6, 6.07) is 22.0. The minimum Gasteiger partial charge on any atom is -0.378 e. The molecule has 0 radical (unpaired) electrons. The lowest BCUT2D eigenvalue weighted by Gasteiger charge is -2.19. The van der Waals surface area contributed by atoms with Crippen molar-refractivity contribution in [3.8, 4) is 10.6 Å². The highest BCUT2D eigenvalue weighted by atomic mass is 32.1. The van der Waals surface area contributed by atoms with Gasteiger partial charge in [0.15, 0.2) is 0 Å². The second-order valence-corrected chi connectivity index (χ2v) is 9.93. The average molecular weight is 515 g/mol. The Morgan fingerprint density at radius 2 is 1.54 bits per heavy atom. The number of aromatic nitrogens is 2. The van der Waals surface area contributed by atoms with E-state index in [1.54, 1.807) is 0 Å². The first-order valence-electron chi connectivity index (χ1n) is 11.9. The molecule has 0 saturated carbocycles. The minimum atomic E-state index is -0.821. The fraction of sp³-hybridized carbons (Fsp3) is 0.214. The van der Waals surface area contributed by atoms with Crippen molar-refractivity contribution in [2.45, 2.75) is 26.3 Å². The molecule has 0 spiro atoms. The van der Waals surface area contributed by atoms with Crippen LogP contribution in [0.25, 0.3) is 10.6 Å². The van der Waals surface area contributed by atoms with Gasteiger partial charge in [-0.3, -0.25) is 10.1 Å². The predicted octanol–water partition coefficient (Wildman–Crippen LogP) is 5.26. The molecule has 3 aromatic carbocycles. The largest absolute Gasteiger partial charge is 0.378 e. The molecule has 4 aromatic rings. The second-order valence-electron chi connectivity index (χ2n) is 8.95. The van der Waals surface area contributed by atoms with Crippen LogP contribution in [0.3, 0.4) is 0 Å². The number of nitrogens with one attached hydrogen (secondary N) is 3. The maximum absolute atomic E-state index is 13.3. The second kappa shape index (κ2) is 11.7. The molecular weight excluding hydrogens is 484 g/mol. The van der Waals surface area contributed by atoms with Crippen molar-refractivity contribution in [2.75, 3.05) is 29.6 Å². The van der Waals surface area contributed by atoms with Gasteiger partial charge in [0.2, 0.25) is 11.0 Å². The minimum absolute atomic E-state index is 0.324. The van der Waals surface area contributed by atoms with Crippen LogP contribution in [-0.4, -0.2) is 42.3 Å². The summed E-state index contributed by atoms with van der Waals surface area (Å²) in [5.74, 6) is -0.369. The van der Waals surface area contributed by atoms with Crippen molar-refractivity contribution in [3.05, 3.63) is 89.5 Å².